The zero-order valence-electron chi connectivity index (χ0n) is 26.9. The van der Waals surface area contributed by atoms with Crippen LogP contribution in [0.1, 0.15) is 56.3 Å². The summed E-state index contributed by atoms with van der Waals surface area (Å²) in [5.41, 5.74) is 2.11. The van der Waals surface area contributed by atoms with E-state index in [9.17, 15) is 24.3 Å². The van der Waals surface area contributed by atoms with Crippen LogP contribution in [0.25, 0.3) is 0 Å². The molecule has 0 radical (unpaired) electrons. The van der Waals surface area contributed by atoms with Gasteiger partial charge < -0.3 is 34.0 Å². The number of rotatable bonds is 12. The van der Waals surface area contributed by atoms with E-state index in [4.69, 9.17) is 14.2 Å². The maximum atomic E-state index is 13.3. The molecular formula is C35H43N3O8S. The van der Waals surface area contributed by atoms with Crippen LogP contribution in [0.3, 0.4) is 0 Å². The van der Waals surface area contributed by atoms with E-state index >= 15 is 0 Å². The molecule has 1 aromatic carbocycles. The minimum atomic E-state index is -0.857. The Morgan fingerprint density at radius 2 is 1.53 bits per heavy atom. The predicted octanol–water partition coefficient (Wildman–Crippen LogP) is 5.12. The number of likely N-dealkylation sites (tertiary alicyclic amines) is 2. The zero-order valence-corrected chi connectivity index (χ0v) is 27.7. The van der Waals surface area contributed by atoms with Gasteiger partial charge in [0.15, 0.2) is 0 Å². The van der Waals surface area contributed by atoms with Gasteiger partial charge in [-0.15, -0.1) is 11.8 Å². The summed E-state index contributed by atoms with van der Waals surface area (Å²) < 4.78 is 16.1. The second kappa shape index (κ2) is 14.8. The average Bonchev–Trinajstić information content (AvgIpc) is 3.77. The Morgan fingerprint density at radius 1 is 0.957 bits per heavy atom. The van der Waals surface area contributed by atoms with Crippen molar-refractivity contribution in [3.8, 4) is 0 Å². The normalized spacial score (nSPS) is 27.2. The van der Waals surface area contributed by atoms with Crippen molar-refractivity contribution in [1.29, 1.82) is 0 Å². The third-order valence-electron chi connectivity index (χ3n) is 9.27. The molecule has 4 aliphatic heterocycles. The number of aliphatic hydroxyl groups is 1. The van der Waals surface area contributed by atoms with E-state index in [0.29, 0.717) is 24.4 Å². The zero-order chi connectivity index (χ0) is 33.8. The molecule has 7 atom stereocenters. The van der Waals surface area contributed by atoms with E-state index in [1.165, 1.54) is 28.8 Å². The molecule has 2 unspecified atom stereocenters. The monoisotopic (exact) mass is 665 g/mol. The number of carbonyl (C=O) groups excluding carboxylic acids is 4. The fourth-order valence-corrected chi connectivity index (χ4v) is 8.67. The van der Waals surface area contributed by atoms with E-state index in [0.717, 1.165) is 24.0 Å². The van der Waals surface area contributed by atoms with Crippen LogP contribution in [0, 0.1) is 11.8 Å². The molecule has 4 heterocycles. The summed E-state index contributed by atoms with van der Waals surface area (Å²) in [5, 5.41) is 10.2. The largest absolute Gasteiger partial charge is 0.457 e. The number of hydrogen-bond donors (Lipinski definition) is 1. The van der Waals surface area contributed by atoms with Crippen LogP contribution in [-0.2, 0) is 23.8 Å². The van der Waals surface area contributed by atoms with E-state index in [-0.39, 0.29) is 66.8 Å². The van der Waals surface area contributed by atoms with Crippen molar-refractivity contribution in [2.45, 2.75) is 62.6 Å². The summed E-state index contributed by atoms with van der Waals surface area (Å²) in [4.78, 5) is 57.9. The molecule has 0 aromatic heterocycles. The van der Waals surface area contributed by atoms with Gasteiger partial charge in [0.2, 0.25) is 5.91 Å². The first-order valence-corrected chi connectivity index (χ1v) is 16.9. The second-order valence-corrected chi connectivity index (χ2v) is 13.6. The molecule has 3 fully saturated rings. The van der Waals surface area contributed by atoms with Crippen LogP contribution >= 0.6 is 11.8 Å². The smallest absolute Gasteiger partial charge is 0.410 e. The molecule has 3 amide bonds. The molecule has 0 saturated carbocycles. The number of esters is 1. The minimum Gasteiger partial charge on any atom is -0.457 e. The first kappa shape index (κ1) is 34.3. The number of amides is 3. The summed E-state index contributed by atoms with van der Waals surface area (Å²) in [6.45, 7) is 15.6. The Hall–Kier alpha value is -4.03. The van der Waals surface area contributed by atoms with Crippen LogP contribution in [-0.4, -0.2) is 94.2 Å². The Kier molecular flexibility index (Phi) is 10.8. The van der Waals surface area contributed by atoms with Crippen molar-refractivity contribution >= 4 is 35.8 Å². The third-order valence-corrected chi connectivity index (χ3v) is 10.8. The lowest BCUT2D eigenvalue weighted by molar-refractivity contribution is -0.164. The average molecular weight is 666 g/mol. The van der Waals surface area contributed by atoms with Crippen LogP contribution in [0.5, 0.6) is 0 Å². The molecule has 11 nitrogen and oxygen atoms in total. The van der Waals surface area contributed by atoms with Gasteiger partial charge in [0.05, 0.1) is 30.1 Å². The molecule has 4 aliphatic rings. The van der Waals surface area contributed by atoms with Gasteiger partial charge in [-0.25, -0.2) is 14.4 Å². The second-order valence-electron chi connectivity index (χ2n) is 12.2. The SMILES string of the molecule is C=CCOC(=O)C1=C(S[C@H]2C[C@H](c3ccc(C4CCCN4C(=O)OCC=C)cc3)N(C(=O)OCC=C)C2)[C@H](C)[C@@H]2C([C@@H](C)O)C(=O)N12. The number of benzene rings is 1. The fourth-order valence-electron chi connectivity index (χ4n) is 7.15. The number of ether oxygens (including phenoxy) is 3. The fraction of sp³-hybridized carbons (Fsp3) is 0.486. The highest BCUT2D eigenvalue weighted by Crippen LogP contribution is 2.53. The number of thioether (sulfide) groups is 1. The topological polar surface area (TPSA) is 126 Å². The van der Waals surface area contributed by atoms with Crippen molar-refractivity contribution in [2.24, 2.45) is 11.8 Å². The van der Waals surface area contributed by atoms with Gasteiger partial charge in [-0.3, -0.25) is 4.79 Å². The first-order chi connectivity index (χ1) is 22.6. The molecule has 252 valence electrons. The van der Waals surface area contributed by atoms with E-state index < -0.39 is 24.1 Å². The molecule has 5 rings (SSSR count). The summed E-state index contributed by atoms with van der Waals surface area (Å²) >= 11 is 1.48. The summed E-state index contributed by atoms with van der Waals surface area (Å²) in [6, 6.07) is 7.20. The standard InChI is InChI=1S/C35H43N3O8S/c1-6-16-44-33(41)30-31(21(4)29-28(22(5)39)32(40)38(29)30)47-25-19-27(37(20-25)35(43)46-18-8-3)24-13-11-23(12-14-24)26-10-9-15-36(26)34(42)45-17-7-2/h6-8,11-14,21-22,25-29,39H,1-3,9-10,15-20H2,4-5H3/t21-,22-,25+,26?,27-,28?,29-/m1/s1. The number of β-lactam (4-membered cyclic amide) rings is 1. The maximum absolute atomic E-state index is 13.3. The van der Waals surface area contributed by atoms with E-state index in [1.807, 2.05) is 31.2 Å². The first-order valence-electron chi connectivity index (χ1n) is 16.0. The van der Waals surface area contributed by atoms with Crippen LogP contribution < -0.4 is 0 Å². The quantitative estimate of drug-likeness (QED) is 0.140. The third kappa shape index (κ3) is 6.71. The number of aliphatic hydroxyl groups excluding tert-OH is 1. The van der Waals surface area contributed by atoms with Crippen molar-refractivity contribution in [1.82, 2.24) is 14.7 Å². The highest BCUT2D eigenvalue weighted by Gasteiger charge is 2.60. The summed E-state index contributed by atoms with van der Waals surface area (Å²) in [6.07, 6.45) is 5.11. The van der Waals surface area contributed by atoms with Crippen LogP contribution in [0.4, 0.5) is 9.59 Å². The molecule has 0 spiro atoms. The molecule has 0 aliphatic carbocycles. The molecular weight excluding hydrogens is 622 g/mol. The van der Waals surface area contributed by atoms with Crippen molar-refractivity contribution in [3.63, 3.8) is 0 Å². The molecule has 3 saturated heterocycles. The van der Waals surface area contributed by atoms with Gasteiger partial charge in [-0.05, 0) is 37.3 Å². The Morgan fingerprint density at radius 3 is 2.13 bits per heavy atom. The minimum absolute atomic E-state index is 0.000233. The van der Waals surface area contributed by atoms with Gasteiger partial charge in [0, 0.05) is 29.2 Å². The number of nitrogens with zero attached hydrogens (tertiary/aromatic N) is 3. The lowest BCUT2D eigenvalue weighted by Gasteiger charge is -2.46. The number of hydrogen-bond acceptors (Lipinski definition) is 9. The van der Waals surface area contributed by atoms with Gasteiger partial charge >= 0.3 is 18.2 Å². The maximum Gasteiger partial charge on any atom is 0.410 e. The van der Waals surface area contributed by atoms with Crippen LogP contribution in [0.2, 0.25) is 0 Å². The van der Waals surface area contributed by atoms with Crippen LogP contribution in [0.15, 0.2) is 72.8 Å². The van der Waals surface area contributed by atoms with Gasteiger partial charge in [-0.1, -0.05) is 69.2 Å². The van der Waals surface area contributed by atoms with Gasteiger partial charge in [0.25, 0.3) is 0 Å². The predicted molar refractivity (Wildman–Crippen MR) is 177 cm³/mol. The van der Waals surface area contributed by atoms with Crippen molar-refractivity contribution < 1.29 is 38.5 Å². The van der Waals surface area contributed by atoms with E-state index in [2.05, 4.69) is 19.7 Å². The van der Waals surface area contributed by atoms with Gasteiger partial charge in [-0.2, -0.15) is 0 Å². The number of carbonyl (C=O) groups is 4. The Balaban J connectivity index is 1.39. The highest BCUT2D eigenvalue weighted by molar-refractivity contribution is 8.03. The lowest BCUT2D eigenvalue weighted by atomic mass is 9.79. The molecule has 0 bridgehead atoms. The van der Waals surface area contributed by atoms with Crippen molar-refractivity contribution in [3.05, 3.63) is 84.0 Å². The summed E-state index contributed by atoms with van der Waals surface area (Å²) in [7, 11) is 0. The van der Waals surface area contributed by atoms with Crippen molar-refractivity contribution in [2.75, 3.05) is 32.9 Å². The van der Waals surface area contributed by atoms with Gasteiger partial charge in [0.1, 0.15) is 25.5 Å². The summed E-state index contributed by atoms with van der Waals surface area (Å²) in [5.74, 6) is -1.73. The molecule has 12 heteroatoms. The molecule has 1 N–H and O–H groups in total. The lowest BCUT2D eigenvalue weighted by Crippen LogP contribution is -2.63. The molecule has 47 heavy (non-hydrogen) atoms. The molecule has 1 aromatic rings. The van der Waals surface area contributed by atoms with E-state index in [1.54, 1.807) is 22.8 Å². The highest BCUT2D eigenvalue weighted by atomic mass is 32.2. The Labute approximate surface area is 279 Å². The number of fused-ring (bicyclic) bond motifs is 1. The Bertz CT molecular complexity index is 1440.